The molecule has 264 valence electrons. The molecular weight excluding hydrogens is 650 g/mol. The second kappa shape index (κ2) is 14.1. The van der Waals surface area contributed by atoms with Gasteiger partial charge in [-0.05, 0) is 37.1 Å². The maximum atomic E-state index is 11.8. The number of hydrogen-bond acceptors (Lipinski definition) is 14. The van der Waals surface area contributed by atoms with E-state index in [1.165, 1.54) is 0 Å². The highest BCUT2D eigenvalue weighted by Crippen LogP contribution is 2.54. The Morgan fingerprint density at radius 2 is 1.76 bits per heavy atom. The fourth-order valence-electron chi connectivity index (χ4n) is 6.59. The van der Waals surface area contributed by atoms with Crippen LogP contribution in [0.5, 0.6) is 28.7 Å². The van der Waals surface area contributed by atoms with Crippen LogP contribution >= 0.6 is 0 Å². The number of aliphatic imine (C=N–C) groups is 1. The van der Waals surface area contributed by atoms with Crippen molar-refractivity contribution in [3.63, 3.8) is 0 Å². The molecule has 0 radical (unpaired) electrons. The molecule has 5 aliphatic rings. The van der Waals surface area contributed by atoms with Gasteiger partial charge in [0.25, 0.3) is 0 Å². The van der Waals surface area contributed by atoms with Gasteiger partial charge < -0.3 is 54.4 Å². The highest BCUT2D eigenvalue weighted by atomic mass is 17.2. The summed E-state index contributed by atoms with van der Waals surface area (Å²) in [4.78, 5) is 44.0. The number of hydrogen-bond donors (Lipinski definition) is 5. The monoisotopic (exact) mass is 687 g/mol. The van der Waals surface area contributed by atoms with Gasteiger partial charge in [0.1, 0.15) is 48.9 Å². The quantitative estimate of drug-likeness (QED) is 0.0593. The summed E-state index contributed by atoms with van der Waals surface area (Å²) in [6, 6.07) is 8.69. The van der Waals surface area contributed by atoms with Gasteiger partial charge in [-0.1, -0.05) is 19.3 Å². The van der Waals surface area contributed by atoms with Crippen molar-refractivity contribution in [2.24, 2.45) is 10.7 Å². The molecule has 2 aromatic carbocycles. The van der Waals surface area contributed by atoms with Gasteiger partial charge in [0.15, 0.2) is 29.6 Å². The third kappa shape index (κ3) is 7.11. The van der Waals surface area contributed by atoms with E-state index in [0.717, 1.165) is 37.7 Å². The predicted molar refractivity (Wildman–Crippen MR) is 163 cm³/mol. The number of carboxylic acids is 1. The number of guanidine groups is 1. The summed E-state index contributed by atoms with van der Waals surface area (Å²) in [7, 11) is 0. The van der Waals surface area contributed by atoms with E-state index in [0.29, 0.717) is 35.2 Å². The van der Waals surface area contributed by atoms with E-state index in [1.807, 2.05) is 6.07 Å². The maximum Gasteiger partial charge on any atom is 0.317 e. The van der Waals surface area contributed by atoms with E-state index in [4.69, 9.17) is 53.9 Å². The molecule has 1 saturated heterocycles. The number of ether oxygens (including phenoxy) is 6. The lowest BCUT2D eigenvalue weighted by Gasteiger charge is -2.40. The molecule has 17 heteroatoms. The number of hydroxylamine groups is 1. The zero-order valence-corrected chi connectivity index (χ0v) is 26.2. The van der Waals surface area contributed by atoms with Gasteiger partial charge in [0.2, 0.25) is 12.8 Å². The molecular formula is C32H37N3O14. The van der Waals surface area contributed by atoms with Crippen molar-refractivity contribution in [1.29, 1.82) is 0 Å². The van der Waals surface area contributed by atoms with Crippen LogP contribution in [0.25, 0.3) is 0 Å². The maximum absolute atomic E-state index is 11.8. The predicted octanol–water partition coefficient (Wildman–Crippen LogP) is 1.34. The molecule has 6 N–H and O–H groups in total. The lowest BCUT2D eigenvalue weighted by atomic mass is 9.89. The Morgan fingerprint density at radius 3 is 2.55 bits per heavy atom. The Labute approximate surface area is 279 Å². The number of nitrogens with one attached hydrogen (secondary N) is 1. The molecule has 0 unspecified atom stereocenters. The van der Waals surface area contributed by atoms with Crippen molar-refractivity contribution in [3.8, 4) is 28.7 Å². The lowest BCUT2D eigenvalue weighted by Crippen LogP contribution is -2.62. The first kappa shape index (κ1) is 33.0. The fourth-order valence-corrected chi connectivity index (χ4v) is 6.59. The third-order valence-electron chi connectivity index (χ3n) is 9.02. The molecule has 0 bridgehead atoms. The van der Waals surface area contributed by atoms with E-state index < -0.39 is 61.8 Å². The third-order valence-corrected chi connectivity index (χ3v) is 9.02. The molecule has 4 aliphatic heterocycles. The smallest absolute Gasteiger partial charge is 0.317 e. The topological polar surface area (TPSA) is 228 Å². The van der Waals surface area contributed by atoms with Crippen LogP contribution in [0.15, 0.2) is 35.3 Å². The fraction of sp³-hybridized carbons (Fsp3) is 0.531. The van der Waals surface area contributed by atoms with Crippen molar-refractivity contribution in [2.45, 2.75) is 87.3 Å². The molecule has 49 heavy (non-hydrogen) atoms. The van der Waals surface area contributed by atoms with E-state index in [9.17, 15) is 19.8 Å². The highest BCUT2D eigenvalue weighted by Gasteiger charge is 2.49. The number of aliphatic carboxylic acids is 1. The van der Waals surface area contributed by atoms with Gasteiger partial charge in [-0.15, -0.1) is 0 Å². The number of benzene rings is 2. The average Bonchev–Trinajstić information content (AvgIpc) is 3.70. The van der Waals surface area contributed by atoms with Gasteiger partial charge in [0, 0.05) is 17.2 Å². The van der Waals surface area contributed by atoms with Crippen LogP contribution in [0.3, 0.4) is 0 Å². The highest BCUT2D eigenvalue weighted by molar-refractivity contribution is 5.90. The number of aliphatic hydroxyl groups is 2. The Kier molecular flexibility index (Phi) is 9.50. The Morgan fingerprint density at radius 1 is 0.959 bits per heavy atom. The van der Waals surface area contributed by atoms with Crippen molar-refractivity contribution >= 4 is 17.9 Å². The SMILES string of the molecule is NC(=NC1CCCCC1)NO[C@H]1[C@H](O)[C@@H](COC(=O)CC(=O)O)O[C@@H](O)[C@@H]1OOc1ccc2c(c1)[C@H]1Oc3cc4c(cc3[C@H]1CO2)OCO4. The zero-order valence-electron chi connectivity index (χ0n) is 26.2. The standard InChI is InChI=1S/C32H37N3O14/c33-32(34-15-4-2-1-3-5-15)35-47-29-27(39)24(13-42-26(38)11-25(36)37)46-31(40)30(29)49-48-16-6-7-20-18(8-16)28-19(12-41-20)17-9-22-23(44-14-43-22)10-21(17)45-28/h6-10,15,19,24,27-31,39-40H,1-5,11-14H2,(H,36,37)(H3,33,34,35)/t19-,24-,27-,28-,29+,30-,31-/m1/s1. The number of carbonyl (C=O) groups is 2. The largest absolute Gasteiger partial charge is 0.492 e. The van der Waals surface area contributed by atoms with Crippen LogP contribution in [-0.2, 0) is 28.8 Å². The van der Waals surface area contributed by atoms with Crippen LogP contribution < -0.4 is 35.0 Å². The summed E-state index contributed by atoms with van der Waals surface area (Å²) in [5.74, 6) is 0.105. The van der Waals surface area contributed by atoms with Crippen molar-refractivity contribution in [2.75, 3.05) is 20.0 Å². The number of nitrogens with zero attached hydrogens (tertiary/aromatic N) is 1. The van der Waals surface area contributed by atoms with Crippen molar-refractivity contribution in [3.05, 3.63) is 41.5 Å². The zero-order chi connectivity index (χ0) is 34.1. The molecule has 0 spiro atoms. The molecule has 4 heterocycles. The van der Waals surface area contributed by atoms with Crippen LogP contribution in [-0.4, -0.2) is 90.0 Å². The van der Waals surface area contributed by atoms with Gasteiger partial charge in [-0.25, -0.2) is 10.5 Å². The van der Waals surface area contributed by atoms with E-state index in [-0.39, 0.29) is 30.5 Å². The Balaban J connectivity index is 1.05. The minimum Gasteiger partial charge on any atom is -0.492 e. The van der Waals surface area contributed by atoms with Gasteiger partial charge >= 0.3 is 11.9 Å². The van der Waals surface area contributed by atoms with Crippen LogP contribution in [0.1, 0.15) is 61.7 Å². The average molecular weight is 688 g/mol. The number of fused-ring (bicyclic) bond motifs is 6. The summed E-state index contributed by atoms with van der Waals surface area (Å²) < 4.78 is 33.8. The normalized spacial score (nSPS) is 28.7. The first-order valence-electron chi connectivity index (χ1n) is 16.1. The molecule has 7 atom stereocenters. The summed E-state index contributed by atoms with van der Waals surface area (Å²) in [5, 5.41) is 30.9. The molecule has 17 nitrogen and oxygen atoms in total. The van der Waals surface area contributed by atoms with Crippen molar-refractivity contribution < 1.29 is 67.9 Å². The van der Waals surface area contributed by atoms with Crippen LogP contribution in [0.4, 0.5) is 0 Å². The molecule has 0 amide bonds. The van der Waals surface area contributed by atoms with Gasteiger partial charge in [0.05, 0.1) is 18.6 Å². The minimum atomic E-state index is -1.76. The van der Waals surface area contributed by atoms with Crippen molar-refractivity contribution in [1.82, 2.24) is 5.48 Å². The summed E-state index contributed by atoms with van der Waals surface area (Å²) >= 11 is 0. The Bertz CT molecular complexity index is 1580. The summed E-state index contributed by atoms with van der Waals surface area (Å²) in [5.41, 5.74) is 10.2. The molecule has 1 saturated carbocycles. The second-order valence-electron chi connectivity index (χ2n) is 12.3. The molecule has 2 fully saturated rings. The molecule has 0 aromatic heterocycles. The number of carbonyl (C=O) groups excluding carboxylic acids is 1. The van der Waals surface area contributed by atoms with E-state index >= 15 is 0 Å². The summed E-state index contributed by atoms with van der Waals surface area (Å²) in [6.07, 6.45) is -3.89. The second-order valence-corrected chi connectivity index (χ2v) is 12.3. The first-order valence-corrected chi connectivity index (χ1v) is 16.1. The van der Waals surface area contributed by atoms with Crippen LogP contribution in [0.2, 0.25) is 0 Å². The molecule has 1 aliphatic carbocycles. The van der Waals surface area contributed by atoms with E-state index in [1.54, 1.807) is 24.3 Å². The molecule has 7 rings (SSSR count). The summed E-state index contributed by atoms with van der Waals surface area (Å²) in [6.45, 7) is -0.0503. The van der Waals surface area contributed by atoms with Crippen LogP contribution in [0, 0.1) is 0 Å². The number of esters is 1. The Hall–Kier alpha value is -4.55. The number of nitrogens with two attached hydrogens (primary N) is 1. The van der Waals surface area contributed by atoms with E-state index in [2.05, 4.69) is 10.5 Å². The number of carboxylic acid groups (broad SMARTS) is 1. The lowest BCUT2D eigenvalue weighted by molar-refractivity contribution is -0.372. The molecule has 2 aromatic rings. The van der Waals surface area contributed by atoms with Gasteiger partial charge in [-0.2, -0.15) is 4.89 Å². The number of aliphatic hydroxyl groups excluding tert-OH is 2. The number of rotatable bonds is 10. The first-order chi connectivity index (χ1) is 23.7. The minimum absolute atomic E-state index is 0.0126. The van der Waals surface area contributed by atoms with Gasteiger partial charge in [-0.3, -0.25) is 14.4 Å².